The molecule has 0 spiro atoms. The highest BCUT2D eigenvalue weighted by Gasteiger charge is 2.24. The molecule has 4 heteroatoms. The number of likely N-dealkylation sites (tertiary alicyclic amines) is 1. The molecule has 2 fully saturated rings. The first-order chi connectivity index (χ1) is 7.74. The number of β-amino-alcohol motifs (C(OH)–C–C–N with tert-alkyl or cyclic N) is 1. The quantitative estimate of drug-likeness (QED) is 0.734. The van der Waals surface area contributed by atoms with Crippen LogP contribution in [0, 0.1) is 0 Å². The Morgan fingerprint density at radius 3 is 2.56 bits per heavy atom. The van der Waals surface area contributed by atoms with Crippen LogP contribution in [0.3, 0.4) is 0 Å². The highest BCUT2D eigenvalue weighted by molar-refractivity contribution is 5.76. The van der Waals surface area contributed by atoms with E-state index in [2.05, 4.69) is 10.2 Å². The molecule has 0 radical (unpaired) electrons. The van der Waals surface area contributed by atoms with E-state index >= 15 is 0 Å². The third kappa shape index (κ3) is 3.46. The molecule has 2 aliphatic rings. The highest BCUT2D eigenvalue weighted by atomic mass is 16.3. The molecule has 1 aliphatic heterocycles. The first-order valence-corrected chi connectivity index (χ1v) is 6.44. The predicted molar refractivity (Wildman–Crippen MR) is 62.1 cm³/mol. The third-order valence-corrected chi connectivity index (χ3v) is 3.56. The lowest BCUT2D eigenvalue weighted by Crippen LogP contribution is -2.51. The summed E-state index contributed by atoms with van der Waals surface area (Å²) in [5.74, 6) is 0.174. The van der Waals surface area contributed by atoms with Gasteiger partial charge in [-0.1, -0.05) is 19.3 Å². The van der Waals surface area contributed by atoms with E-state index < -0.39 is 0 Å². The van der Waals surface area contributed by atoms with Crippen LogP contribution < -0.4 is 5.32 Å². The van der Waals surface area contributed by atoms with Gasteiger partial charge in [0.05, 0.1) is 6.10 Å². The molecule has 0 bridgehead atoms. The minimum atomic E-state index is -0.165. The first-order valence-electron chi connectivity index (χ1n) is 6.44. The van der Waals surface area contributed by atoms with Crippen molar-refractivity contribution >= 4 is 5.91 Å². The number of amides is 1. The number of carbonyl (C=O) groups is 1. The van der Waals surface area contributed by atoms with E-state index in [4.69, 9.17) is 5.11 Å². The molecule has 92 valence electrons. The van der Waals surface area contributed by atoms with Gasteiger partial charge in [0.1, 0.15) is 0 Å². The Kier molecular flexibility index (Phi) is 4.18. The number of hydrogen-bond donors (Lipinski definition) is 2. The van der Waals surface area contributed by atoms with Crippen LogP contribution in [0.5, 0.6) is 0 Å². The zero-order chi connectivity index (χ0) is 11.4. The van der Waals surface area contributed by atoms with Gasteiger partial charge < -0.3 is 10.4 Å². The van der Waals surface area contributed by atoms with Crippen LogP contribution in [-0.2, 0) is 4.79 Å². The Morgan fingerprint density at radius 1 is 1.25 bits per heavy atom. The van der Waals surface area contributed by atoms with Crippen molar-refractivity contribution in [2.45, 2.75) is 50.7 Å². The van der Waals surface area contributed by atoms with E-state index in [1.165, 1.54) is 19.3 Å². The topological polar surface area (TPSA) is 52.6 Å². The molecule has 16 heavy (non-hydrogen) atoms. The maximum atomic E-state index is 11.6. The van der Waals surface area contributed by atoms with E-state index in [9.17, 15) is 4.79 Å². The lowest BCUT2D eigenvalue weighted by Gasteiger charge is -2.35. The van der Waals surface area contributed by atoms with Crippen molar-refractivity contribution in [3.05, 3.63) is 0 Å². The fourth-order valence-electron chi connectivity index (χ4n) is 2.53. The second-order valence-corrected chi connectivity index (χ2v) is 5.07. The van der Waals surface area contributed by atoms with Gasteiger partial charge in [-0.3, -0.25) is 9.69 Å². The Morgan fingerprint density at radius 2 is 1.94 bits per heavy atom. The van der Waals surface area contributed by atoms with E-state index in [1.807, 2.05) is 0 Å². The number of carbonyl (C=O) groups excluding carboxylic acids is 1. The van der Waals surface area contributed by atoms with Crippen LogP contribution in [0.4, 0.5) is 0 Å². The molecule has 0 unspecified atom stereocenters. The standard InChI is InChI=1S/C12H22N2O2/c15-11-8-14(9-11)7-6-12(16)13-10-4-2-1-3-5-10/h10-11,15H,1-9H2,(H,13,16). The van der Waals surface area contributed by atoms with Crippen LogP contribution in [-0.4, -0.2) is 47.7 Å². The van der Waals surface area contributed by atoms with Crippen molar-refractivity contribution in [1.82, 2.24) is 10.2 Å². The number of hydrogen-bond acceptors (Lipinski definition) is 3. The van der Waals surface area contributed by atoms with Crippen LogP contribution in [0.2, 0.25) is 0 Å². The van der Waals surface area contributed by atoms with Crippen LogP contribution in [0.1, 0.15) is 38.5 Å². The molecular weight excluding hydrogens is 204 g/mol. The summed E-state index contributed by atoms with van der Waals surface area (Å²) in [6.07, 6.45) is 6.53. The number of aliphatic hydroxyl groups excluding tert-OH is 1. The van der Waals surface area contributed by atoms with E-state index in [0.717, 1.165) is 32.5 Å². The minimum Gasteiger partial charge on any atom is -0.390 e. The van der Waals surface area contributed by atoms with Gasteiger partial charge in [-0.25, -0.2) is 0 Å². The fourth-order valence-corrected chi connectivity index (χ4v) is 2.53. The highest BCUT2D eigenvalue weighted by Crippen LogP contribution is 2.17. The lowest BCUT2D eigenvalue weighted by molar-refractivity contribution is -0.123. The molecule has 0 atom stereocenters. The first kappa shape index (κ1) is 11.9. The van der Waals surface area contributed by atoms with Crippen molar-refractivity contribution < 1.29 is 9.90 Å². The summed E-state index contributed by atoms with van der Waals surface area (Å²) in [4.78, 5) is 13.8. The molecule has 0 aromatic heterocycles. The van der Waals surface area contributed by atoms with Gasteiger partial charge in [-0.05, 0) is 12.8 Å². The molecule has 1 saturated heterocycles. The smallest absolute Gasteiger partial charge is 0.221 e. The van der Waals surface area contributed by atoms with Gasteiger partial charge in [0, 0.05) is 32.1 Å². The van der Waals surface area contributed by atoms with E-state index in [1.54, 1.807) is 0 Å². The zero-order valence-electron chi connectivity index (χ0n) is 9.82. The van der Waals surface area contributed by atoms with Gasteiger partial charge in [-0.15, -0.1) is 0 Å². The van der Waals surface area contributed by atoms with E-state index in [-0.39, 0.29) is 12.0 Å². The number of nitrogens with zero attached hydrogens (tertiary/aromatic N) is 1. The van der Waals surface area contributed by atoms with Crippen molar-refractivity contribution in [2.24, 2.45) is 0 Å². The summed E-state index contributed by atoms with van der Waals surface area (Å²) in [7, 11) is 0. The number of rotatable bonds is 4. The molecular formula is C12H22N2O2. The Bertz CT molecular complexity index is 233. The largest absolute Gasteiger partial charge is 0.390 e. The SMILES string of the molecule is O=C(CCN1CC(O)C1)NC1CCCCC1. The van der Waals surface area contributed by atoms with Crippen molar-refractivity contribution in [3.63, 3.8) is 0 Å². The van der Waals surface area contributed by atoms with E-state index in [0.29, 0.717) is 12.5 Å². The average Bonchev–Trinajstić information content (AvgIpc) is 2.24. The molecule has 2 N–H and O–H groups in total. The molecule has 0 aromatic carbocycles. The average molecular weight is 226 g/mol. The summed E-state index contributed by atoms with van der Waals surface area (Å²) >= 11 is 0. The molecule has 1 heterocycles. The van der Waals surface area contributed by atoms with Crippen LogP contribution in [0.25, 0.3) is 0 Å². The molecule has 1 amide bonds. The van der Waals surface area contributed by atoms with Crippen molar-refractivity contribution in [2.75, 3.05) is 19.6 Å². The Balaban J connectivity index is 1.57. The summed E-state index contributed by atoms with van der Waals surface area (Å²) in [6.45, 7) is 2.25. The predicted octanol–water partition coefficient (Wildman–Crippen LogP) is 0.502. The lowest BCUT2D eigenvalue weighted by atomic mass is 9.95. The van der Waals surface area contributed by atoms with Gasteiger partial charge in [0.25, 0.3) is 0 Å². The summed E-state index contributed by atoms with van der Waals surface area (Å²) in [5.41, 5.74) is 0. The van der Waals surface area contributed by atoms with Crippen LogP contribution >= 0.6 is 0 Å². The van der Waals surface area contributed by atoms with Gasteiger partial charge >= 0.3 is 0 Å². The molecule has 1 saturated carbocycles. The summed E-state index contributed by atoms with van der Waals surface area (Å²) in [6, 6.07) is 0.420. The third-order valence-electron chi connectivity index (χ3n) is 3.56. The fraction of sp³-hybridized carbons (Fsp3) is 0.917. The number of aliphatic hydroxyl groups is 1. The van der Waals surface area contributed by atoms with Gasteiger partial charge in [0.2, 0.25) is 5.91 Å². The van der Waals surface area contributed by atoms with Crippen molar-refractivity contribution in [3.8, 4) is 0 Å². The maximum Gasteiger partial charge on any atom is 0.221 e. The number of nitrogens with one attached hydrogen (secondary N) is 1. The maximum absolute atomic E-state index is 11.6. The summed E-state index contributed by atoms with van der Waals surface area (Å²) < 4.78 is 0. The second-order valence-electron chi connectivity index (χ2n) is 5.07. The second kappa shape index (κ2) is 5.64. The van der Waals surface area contributed by atoms with Crippen molar-refractivity contribution in [1.29, 1.82) is 0 Å². The Hall–Kier alpha value is -0.610. The normalized spacial score (nSPS) is 24.1. The van der Waals surface area contributed by atoms with Gasteiger partial charge in [0.15, 0.2) is 0 Å². The van der Waals surface area contributed by atoms with Crippen LogP contribution in [0.15, 0.2) is 0 Å². The molecule has 0 aromatic rings. The summed E-state index contributed by atoms with van der Waals surface area (Å²) in [5, 5.41) is 12.2. The molecule has 1 aliphatic carbocycles. The molecule has 4 nitrogen and oxygen atoms in total. The minimum absolute atomic E-state index is 0.165. The monoisotopic (exact) mass is 226 g/mol. The molecule has 2 rings (SSSR count). The Labute approximate surface area is 97.0 Å². The zero-order valence-corrected chi connectivity index (χ0v) is 9.82. The van der Waals surface area contributed by atoms with Gasteiger partial charge in [-0.2, -0.15) is 0 Å².